The van der Waals surface area contributed by atoms with Gasteiger partial charge in [0.05, 0.1) is 13.2 Å². The summed E-state index contributed by atoms with van der Waals surface area (Å²) in [5.74, 6) is -1.53. The number of nitrogens with one attached hydrogen (secondary N) is 1. The van der Waals surface area contributed by atoms with Crippen LogP contribution in [0.15, 0.2) is 36.3 Å². The molecule has 0 saturated carbocycles. The molecule has 0 amide bonds. The van der Waals surface area contributed by atoms with Crippen LogP contribution in [0.4, 0.5) is 5.13 Å². The Morgan fingerprint density at radius 1 is 1.21 bits per heavy atom. The molecule has 2 aromatic rings. The van der Waals surface area contributed by atoms with Crippen LogP contribution in [0.1, 0.15) is 13.8 Å². The van der Waals surface area contributed by atoms with Gasteiger partial charge in [-0.25, -0.2) is 9.59 Å². The molecule has 9 heteroatoms. The van der Waals surface area contributed by atoms with E-state index in [-0.39, 0.29) is 18.8 Å². The number of hydrogen-bond acceptors (Lipinski definition) is 9. The van der Waals surface area contributed by atoms with Gasteiger partial charge < -0.3 is 14.8 Å². The van der Waals surface area contributed by atoms with Crippen LogP contribution in [0, 0.1) is 0 Å². The van der Waals surface area contributed by atoms with Crippen LogP contribution in [0.3, 0.4) is 0 Å². The molecular weight excluding hydrogens is 332 g/mol. The van der Waals surface area contributed by atoms with Gasteiger partial charge in [0.25, 0.3) is 0 Å². The first-order valence-corrected chi connectivity index (χ1v) is 8.02. The summed E-state index contributed by atoms with van der Waals surface area (Å²) in [5.41, 5.74) is 0.583. The van der Waals surface area contributed by atoms with Gasteiger partial charge in [0, 0.05) is 24.2 Å². The molecule has 0 unspecified atom stereocenters. The lowest BCUT2D eigenvalue weighted by Gasteiger charge is -2.06. The summed E-state index contributed by atoms with van der Waals surface area (Å²) in [6.45, 7) is 3.61. The van der Waals surface area contributed by atoms with Crippen molar-refractivity contribution in [3.05, 3.63) is 36.3 Å². The van der Waals surface area contributed by atoms with E-state index in [2.05, 4.69) is 20.5 Å². The number of anilines is 1. The first kappa shape index (κ1) is 17.5. The Morgan fingerprint density at radius 3 is 2.50 bits per heavy atom. The first-order valence-electron chi connectivity index (χ1n) is 7.20. The number of nitrogens with zero attached hydrogens (tertiary/aromatic N) is 3. The zero-order valence-corrected chi connectivity index (χ0v) is 14.0. The molecule has 0 atom stereocenters. The summed E-state index contributed by atoms with van der Waals surface area (Å²) >= 11 is 1.26. The van der Waals surface area contributed by atoms with Crippen molar-refractivity contribution in [1.82, 2.24) is 15.2 Å². The Bertz CT molecular complexity index is 710. The molecule has 0 aliphatic carbocycles. The molecule has 2 aromatic heterocycles. The summed E-state index contributed by atoms with van der Waals surface area (Å²) in [6.07, 6.45) is 4.55. The second-order valence-electron chi connectivity index (χ2n) is 4.30. The van der Waals surface area contributed by atoms with Crippen molar-refractivity contribution < 1.29 is 19.1 Å². The smallest absolute Gasteiger partial charge is 0.347 e. The third-order valence-corrected chi connectivity index (χ3v) is 3.57. The number of ether oxygens (including phenoxy) is 2. The summed E-state index contributed by atoms with van der Waals surface area (Å²) < 4.78 is 9.69. The Hall–Kier alpha value is -2.81. The molecular formula is C15H16N4O4S. The van der Waals surface area contributed by atoms with E-state index < -0.39 is 11.9 Å². The highest BCUT2D eigenvalue weighted by Gasteiger charge is 2.21. The van der Waals surface area contributed by atoms with Crippen LogP contribution in [0.25, 0.3) is 10.6 Å². The normalized spacial score (nSPS) is 9.92. The molecule has 0 radical (unpaired) electrons. The quantitative estimate of drug-likeness (QED) is 0.351. The molecule has 0 spiro atoms. The predicted octanol–water partition coefficient (Wildman–Crippen LogP) is 2.02. The highest BCUT2D eigenvalue weighted by atomic mass is 32.1. The first-order chi connectivity index (χ1) is 11.7. The molecule has 1 N–H and O–H groups in total. The maximum absolute atomic E-state index is 11.8. The largest absolute Gasteiger partial charge is 0.462 e. The number of hydrogen-bond donors (Lipinski definition) is 1. The van der Waals surface area contributed by atoms with Gasteiger partial charge in [-0.05, 0) is 26.0 Å². The number of esters is 2. The molecule has 0 fully saturated rings. The molecule has 0 aliphatic rings. The van der Waals surface area contributed by atoms with Crippen LogP contribution >= 0.6 is 11.3 Å². The van der Waals surface area contributed by atoms with Crippen molar-refractivity contribution in [1.29, 1.82) is 0 Å². The van der Waals surface area contributed by atoms with Gasteiger partial charge in [-0.15, -0.1) is 10.2 Å². The molecule has 2 heterocycles. The maximum atomic E-state index is 11.8. The SMILES string of the molecule is CCOC(=O)C(=CNc1nnc(-c2cccnc2)s1)C(=O)OCC. The number of aromatic nitrogens is 3. The number of carbonyl (C=O) groups excluding carboxylic acids is 2. The highest BCUT2D eigenvalue weighted by Crippen LogP contribution is 2.25. The van der Waals surface area contributed by atoms with Crippen molar-refractivity contribution >= 4 is 28.4 Å². The van der Waals surface area contributed by atoms with E-state index in [0.29, 0.717) is 10.1 Å². The summed E-state index contributed by atoms with van der Waals surface area (Å²) in [4.78, 5) is 27.7. The van der Waals surface area contributed by atoms with Gasteiger partial charge in [-0.3, -0.25) is 4.98 Å². The van der Waals surface area contributed by atoms with E-state index in [9.17, 15) is 9.59 Å². The van der Waals surface area contributed by atoms with E-state index >= 15 is 0 Å². The molecule has 24 heavy (non-hydrogen) atoms. The van der Waals surface area contributed by atoms with E-state index in [4.69, 9.17) is 9.47 Å². The van der Waals surface area contributed by atoms with Gasteiger partial charge >= 0.3 is 11.9 Å². The zero-order chi connectivity index (χ0) is 17.4. The summed E-state index contributed by atoms with van der Waals surface area (Å²) in [5, 5.41) is 11.8. The second-order valence-corrected chi connectivity index (χ2v) is 5.27. The van der Waals surface area contributed by atoms with E-state index in [1.165, 1.54) is 17.5 Å². The lowest BCUT2D eigenvalue weighted by Crippen LogP contribution is -2.19. The average molecular weight is 348 g/mol. The fourth-order valence-corrected chi connectivity index (χ4v) is 2.34. The molecule has 0 bridgehead atoms. The molecule has 0 aromatic carbocycles. The van der Waals surface area contributed by atoms with Gasteiger partial charge in [0.2, 0.25) is 5.13 Å². The van der Waals surface area contributed by atoms with Crippen LogP contribution in [-0.2, 0) is 19.1 Å². The highest BCUT2D eigenvalue weighted by molar-refractivity contribution is 7.18. The second kappa shape index (κ2) is 8.73. The fraction of sp³-hybridized carbons (Fsp3) is 0.267. The van der Waals surface area contributed by atoms with Gasteiger partial charge in [-0.2, -0.15) is 0 Å². The fourth-order valence-electron chi connectivity index (χ4n) is 1.64. The lowest BCUT2D eigenvalue weighted by atomic mass is 10.3. The predicted molar refractivity (Wildman–Crippen MR) is 88.1 cm³/mol. The standard InChI is InChI=1S/C15H16N4O4S/c1-3-22-13(20)11(14(21)23-4-2)9-17-15-19-18-12(24-15)10-6-5-7-16-8-10/h5-9H,3-4H2,1-2H3,(H,17,19). The Kier molecular flexibility index (Phi) is 6.38. The monoisotopic (exact) mass is 348 g/mol. The van der Waals surface area contributed by atoms with Crippen LogP contribution in [0.2, 0.25) is 0 Å². The van der Waals surface area contributed by atoms with Gasteiger partial charge in [0.1, 0.15) is 0 Å². The number of pyridine rings is 1. The average Bonchev–Trinajstić information content (AvgIpc) is 3.05. The van der Waals surface area contributed by atoms with Gasteiger partial charge in [0.15, 0.2) is 10.6 Å². The minimum atomic E-state index is -0.763. The Balaban J connectivity index is 2.15. The van der Waals surface area contributed by atoms with Crippen molar-refractivity contribution in [2.75, 3.05) is 18.5 Å². The van der Waals surface area contributed by atoms with Crippen LogP contribution < -0.4 is 5.32 Å². The molecule has 8 nitrogen and oxygen atoms in total. The molecule has 0 saturated heterocycles. The van der Waals surface area contributed by atoms with E-state index in [1.54, 1.807) is 32.3 Å². The number of rotatable bonds is 7. The summed E-state index contributed by atoms with van der Waals surface area (Å²) in [7, 11) is 0. The lowest BCUT2D eigenvalue weighted by molar-refractivity contribution is -0.146. The molecule has 126 valence electrons. The van der Waals surface area contributed by atoms with E-state index in [0.717, 1.165) is 5.56 Å². The Labute approximate surface area is 142 Å². The minimum absolute atomic E-state index is 0.152. The van der Waals surface area contributed by atoms with Gasteiger partial charge in [-0.1, -0.05) is 11.3 Å². The minimum Gasteiger partial charge on any atom is -0.462 e. The topological polar surface area (TPSA) is 103 Å². The molecule has 2 rings (SSSR count). The number of carbonyl (C=O) groups is 2. The van der Waals surface area contributed by atoms with Crippen molar-refractivity contribution in [3.8, 4) is 10.6 Å². The van der Waals surface area contributed by atoms with Crippen LogP contribution in [0.5, 0.6) is 0 Å². The maximum Gasteiger partial charge on any atom is 0.347 e. The van der Waals surface area contributed by atoms with Crippen molar-refractivity contribution in [2.24, 2.45) is 0 Å². The van der Waals surface area contributed by atoms with E-state index in [1.807, 2.05) is 6.07 Å². The van der Waals surface area contributed by atoms with Crippen molar-refractivity contribution in [2.45, 2.75) is 13.8 Å². The summed E-state index contributed by atoms with van der Waals surface area (Å²) in [6, 6.07) is 3.65. The van der Waals surface area contributed by atoms with Crippen molar-refractivity contribution in [3.63, 3.8) is 0 Å². The zero-order valence-electron chi connectivity index (χ0n) is 13.2. The van der Waals surface area contributed by atoms with Crippen LogP contribution in [-0.4, -0.2) is 40.3 Å². The molecule has 0 aliphatic heterocycles. The third-order valence-electron chi connectivity index (χ3n) is 2.66. The third kappa shape index (κ3) is 4.59. The Morgan fingerprint density at radius 2 is 1.92 bits per heavy atom.